The van der Waals surface area contributed by atoms with Crippen molar-refractivity contribution in [2.75, 3.05) is 12.4 Å². The summed E-state index contributed by atoms with van der Waals surface area (Å²) < 4.78 is 8.71. The zero-order valence-corrected chi connectivity index (χ0v) is 16.4. The highest BCUT2D eigenvalue weighted by molar-refractivity contribution is 6.30. The summed E-state index contributed by atoms with van der Waals surface area (Å²) in [6.45, 7) is 0.457. The van der Waals surface area contributed by atoms with Crippen molar-refractivity contribution in [2.45, 2.75) is 6.54 Å². The topological polar surface area (TPSA) is 74.0 Å². The summed E-state index contributed by atoms with van der Waals surface area (Å²) >= 11 is 5.91. The lowest BCUT2D eigenvalue weighted by Gasteiger charge is -2.10. The summed E-state index contributed by atoms with van der Waals surface area (Å²) in [4.78, 5) is 12.9. The molecular weight excluding hydrogens is 390 g/mol. The maximum absolute atomic E-state index is 12.9. The van der Waals surface area contributed by atoms with Crippen molar-refractivity contribution < 1.29 is 9.53 Å². The Morgan fingerprint density at radius 3 is 2.41 bits per heavy atom. The molecule has 2 heterocycles. The van der Waals surface area contributed by atoms with Gasteiger partial charge >= 0.3 is 0 Å². The maximum atomic E-state index is 12.9. The van der Waals surface area contributed by atoms with E-state index < -0.39 is 0 Å². The number of carbonyl (C=O) groups is 1. The third-order valence-electron chi connectivity index (χ3n) is 4.37. The van der Waals surface area contributed by atoms with Gasteiger partial charge in [-0.25, -0.2) is 4.68 Å². The lowest BCUT2D eigenvalue weighted by atomic mass is 10.2. The number of hydrogen-bond donors (Lipinski definition) is 1. The van der Waals surface area contributed by atoms with Crippen molar-refractivity contribution in [1.82, 2.24) is 19.6 Å². The summed E-state index contributed by atoms with van der Waals surface area (Å²) in [7, 11) is 1.63. The average Bonchev–Trinajstić information content (AvgIpc) is 3.40. The number of ether oxygens (including phenoxy) is 1. The summed E-state index contributed by atoms with van der Waals surface area (Å²) in [6, 6.07) is 18.3. The van der Waals surface area contributed by atoms with Crippen LogP contribution in [0.25, 0.3) is 5.82 Å². The second-order valence-corrected chi connectivity index (χ2v) is 6.76. The van der Waals surface area contributed by atoms with Crippen molar-refractivity contribution in [3.63, 3.8) is 0 Å². The fraction of sp³-hybridized carbons (Fsp3) is 0.0952. The third kappa shape index (κ3) is 4.14. The first-order chi connectivity index (χ1) is 14.1. The Balaban J connectivity index is 1.65. The first kappa shape index (κ1) is 18.8. The number of carbonyl (C=O) groups excluding carboxylic acids is 1. The molecule has 0 aliphatic carbocycles. The number of rotatable bonds is 6. The summed E-state index contributed by atoms with van der Waals surface area (Å²) in [5, 5.41) is 11.8. The molecule has 7 nitrogen and oxygen atoms in total. The van der Waals surface area contributed by atoms with E-state index in [4.69, 9.17) is 16.3 Å². The molecule has 0 bridgehead atoms. The predicted molar refractivity (Wildman–Crippen MR) is 111 cm³/mol. The standard InChI is InChI=1S/C21H18ClN5O2/c1-29-18-10-4-15(5-11-18)14-27-21(26-12-2-3-13-26)19(24-25-27)20(28)23-17-8-6-16(22)7-9-17/h2-13H,14H2,1H3,(H,23,28). The van der Waals surface area contributed by atoms with Crippen LogP contribution in [0.5, 0.6) is 5.75 Å². The van der Waals surface area contributed by atoms with E-state index in [2.05, 4.69) is 15.6 Å². The van der Waals surface area contributed by atoms with Crippen LogP contribution in [-0.4, -0.2) is 32.6 Å². The zero-order valence-electron chi connectivity index (χ0n) is 15.6. The molecule has 0 spiro atoms. The van der Waals surface area contributed by atoms with Crippen molar-refractivity contribution in [3.05, 3.63) is 89.3 Å². The molecule has 0 unspecified atom stereocenters. The van der Waals surface area contributed by atoms with E-state index in [-0.39, 0.29) is 11.6 Å². The van der Waals surface area contributed by atoms with E-state index in [0.717, 1.165) is 11.3 Å². The number of aromatic nitrogens is 4. The molecule has 0 radical (unpaired) electrons. The summed E-state index contributed by atoms with van der Waals surface area (Å²) in [5.41, 5.74) is 1.86. The number of hydrogen-bond acceptors (Lipinski definition) is 4. The number of benzene rings is 2. The van der Waals surface area contributed by atoms with Crippen molar-refractivity contribution in [3.8, 4) is 11.6 Å². The van der Waals surface area contributed by atoms with E-state index in [0.29, 0.717) is 23.1 Å². The van der Waals surface area contributed by atoms with Crippen LogP contribution in [0.1, 0.15) is 16.1 Å². The van der Waals surface area contributed by atoms with Gasteiger partial charge in [-0.3, -0.25) is 4.79 Å². The molecular formula is C21H18ClN5O2. The van der Waals surface area contributed by atoms with Gasteiger partial charge in [-0.15, -0.1) is 5.10 Å². The monoisotopic (exact) mass is 407 g/mol. The molecule has 1 N–H and O–H groups in total. The van der Waals surface area contributed by atoms with Gasteiger partial charge in [-0.05, 0) is 54.1 Å². The van der Waals surface area contributed by atoms with Gasteiger partial charge in [0.2, 0.25) is 0 Å². The molecule has 0 saturated heterocycles. The lowest BCUT2D eigenvalue weighted by molar-refractivity contribution is 0.102. The van der Waals surface area contributed by atoms with Crippen LogP contribution >= 0.6 is 11.6 Å². The van der Waals surface area contributed by atoms with E-state index in [1.807, 2.05) is 53.4 Å². The van der Waals surface area contributed by atoms with Gasteiger partial charge in [-0.2, -0.15) is 0 Å². The number of halogens is 1. The van der Waals surface area contributed by atoms with Gasteiger partial charge in [0, 0.05) is 23.1 Å². The van der Waals surface area contributed by atoms with Crippen LogP contribution in [0, 0.1) is 0 Å². The Bertz CT molecular complexity index is 1100. The minimum atomic E-state index is -0.350. The first-order valence-corrected chi connectivity index (χ1v) is 9.28. The average molecular weight is 408 g/mol. The van der Waals surface area contributed by atoms with Crippen LogP contribution in [0.2, 0.25) is 5.02 Å². The molecule has 4 aromatic rings. The second-order valence-electron chi connectivity index (χ2n) is 6.32. The van der Waals surface area contributed by atoms with Crippen LogP contribution in [-0.2, 0) is 6.54 Å². The number of nitrogens with one attached hydrogen (secondary N) is 1. The molecule has 0 aliphatic heterocycles. The molecule has 8 heteroatoms. The van der Waals surface area contributed by atoms with Crippen LogP contribution in [0.4, 0.5) is 5.69 Å². The van der Waals surface area contributed by atoms with Gasteiger partial charge in [0.25, 0.3) is 5.91 Å². The Hall–Kier alpha value is -3.58. The molecule has 4 rings (SSSR count). The Morgan fingerprint density at radius 1 is 1.07 bits per heavy atom. The SMILES string of the molecule is COc1ccc(Cn2nnc(C(=O)Nc3ccc(Cl)cc3)c2-n2cccc2)cc1. The molecule has 0 fully saturated rings. The fourth-order valence-electron chi connectivity index (χ4n) is 2.92. The maximum Gasteiger partial charge on any atom is 0.280 e. The van der Waals surface area contributed by atoms with Crippen LogP contribution in [0.3, 0.4) is 0 Å². The Morgan fingerprint density at radius 2 is 1.76 bits per heavy atom. The lowest BCUT2D eigenvalue weighted by Crippen LogP contribution is -2.16. The molecule has 146 valence electrons. The third-order valence-corrected chi connectivity index (χ3v) is 4.62. The predicted octanol–water partition coefficient (Wildman–Crippen LogP) is 4.03. The van der Waals surface area contributed by atoms with E-state index in [1.54, 1.807) is 36.1 Å². The van der Waals surface area contributed by atoms with Gasteiger partial charge in [0.1, 0.15) is 5.75 Å². The summed E-state index contributed by atoms with van der Waals surface area (Å²) in [5.74, 6) is 1.01. The second kappa shape index (κ2) is 8.20. The minimum Gasteiger partial charge on any atom is -0.497 e. The van der Waals surface area contributed by atoms with Crippen molar-refractivity contribution in [1.29, 1.82) is 0 Å². The molecule has 29 heavy (non-hydrogen) atoms. The number of amides is 1. The van der Waals surface area contributed by atoms with Gasteiger partial charge in [-0.1, -0.05) is 28.9 Å². The number of nitrogens with zero attached hydrogens (tertiary/aromatic N) is 4. The molecule has 2 aromatic carbocycles. The first-order valence-electron chi connectivity index (χ1n) is 8.91. The molecule has 1 amide bonds. The normalized spacial score (nSPS) is 10.7. The van der Waals surface area contributed by atoms with Crippen molar-refractivity contribution >= 4 is 23.2 Å². The highest BCUT2D eigenvalue weighted by Crippen LogP contribution is 2.19. The van der Waals surface area contributed by atoms with Crippen molar-refractivity contribution in [2.24, 2.45) is 0 Å². The van der Waals surface area contributed by atoms with Crippen LogP contribution < -0.4 is 10.1 Å². The molecule has 2 aromatic heterocycles. The Kier molecular flexibility index (Phi) is 5.31. The van der Waals surface area contributed by atoms with Crippen LogP contribution in [0.15, 0.2) is 73.1 Å². The van der Waals surface area contributed by atoms with Gasteiger partial charge in [0.05, 0.1) is 13.7 Å². The molecule has 0 aliphatic rings. The fourth-order valence-corrected chi connectivity index (χ4v) is 3.05. The van der Waals surface area contributed by atoms with E-state index in [1.165, 1.54) is 0 Å². The number of anilines is 1. The Labute approximate surface area is 172 Å². The highest BCUT2D eigenvalue weighted by atomic mass is 35.5. The number of methoxy groups -OCH3 is 1. The molecule has 0 saturated carbocycles. The quantitative estimate of drug-likeness (QED) is 0.523. The highest BCUT2D eigenvalue weighted by Gasteiger charge is 2.21. The van der Waals surface area contributed by atoms with Gasteiger partial charge < -0.3 is 14.6 Å². The zero-order chi connectivity index (χ0) is 20.2. The van der Waals surface area contributed by atoms with E-state index in [9.17, 15) is 4.79 Å². The summed E-state index contributed by atoms with van der Waals surface area (Å²) in [6.07, 6.45) is 3.70. The molecule has 0 atom stereocenters. The van der Waals surface area contributed by atoms with E-state index >= 15 is 0 Å². The minimum absolute atomic E-state index is 0.227. The largest absolute Gasteiger partial charge is 0.497 e. The van der Waals surface area contributed by atoms with Gasteiger partial charge in [0.15, 0.2) is 11.5 Å². The smallest absolute Gasteiger partial charge is 0.280 e.